The second-order valence-electron chi connectivity index (χ2n) is 6.87. The van der Waals surface area contributed by atoms with Crippen LogP contribution in [0.4, 0.5) is 0 Å². The zero-order valence-electron chi connectivity index (χ0n) is 14.0. The van der Waals surface area contributed by atoms with Crippen molar-refractivity contribution in [3.63, 3.8) is 0 Å². The first-order valence-electron chi connectivity index (χ1n) is 8.57. The smallest absolute Gasteiger partial charge is 0.0438 e. The second kappa shape index (κ2) is 8.94. The Morgan fingerprint density at radius 1 is 1.18 bits per heavy atom. The molecule has 122 valence electrons. The molecule has 0 aromatic heterocycles. The number of aryl methyl sites for hydroxylation is 1. The molecule has 0 bridgehead atoms. The molecule has 0 aliphatic heterocycles. The fraction of sp³-hybridized carbons (Fsp3) is 0.632. The average Bonchev–Trinajstić information content (AvgIpc) is 2.55. The SMILES string of the molecule is CN(C)C(CCc1ccccc1)C1CCC(C/C=N/O)CC1. The van der Waals surface area contributed by atoms with Gasteiger partial charge in [-0.2, -0.15) is 0 Å². The van der Waals surface area contributed by atoms with Gasteiger partial charge < -0.3 is 10.1 Å². The molecule has 3 heteroatoms. The fourth-order valence-electron chi connectivity index (χ4n) is 3.88. The van der Waals surface area contributed by atoms with Crippen molar-refractivity contribution < 1.29 is 5.21 Å². The molecule has 1 saturated carbocycles. The van der Waals surface area contributed by atoms with Crippen LogP contribution in [0.25, 0.3) is 0 Å². The summed E-state index contributed by atoms with van der Waals surface area (Å²) in [6, 6.07) is 11.5. The predicted molar refractivity (Wildman–Crippen MR) is 92.6 cm³/mol. The van der Waals surface area contributed by atoms with E-state index in [2.05, 4.69) is 54.5 Å². The molecule has 1 aliphatic carbocycles. The molecular weight excluding hydrogens is 272 g/mol. The highest BCUT2D eigenvalue weighted by Crippen LogP contribution is 2.34. The van der Waals surface area contributed by atoms with Crippen LogP contribution in [0.5, 0.6) is 0 Å². The first-order valence-corrected chi connectivity index (χ1v) is 8.57. The summed E-state index contributed by atoms with van der Waals surface area (Å²) in [5.74, 6) is 1.52. The molecule has 0 amide bonds. The van der Waals surface area contributed by atoms with Crippen molar-refractivity contribution in [2.24, 2.45) is 17.0 Å². The van der Waals surface area contributed by atoms with Crippen molar-refractivity contribution >= 4 is 6.21 Å². The molecule has 1 atom stereocenters. The highest BCUT2D eigenvalue weighted by atomic mass is 16.4. The van der Waals surface area contributed by atoms with Crippen molar-refractivity contribution in [1.82, 2.24) is 4.90 Å². The Kier molecular flexibility index (Phi) is 6.91. The van der Waals surface area contributed by atoms with E-state index in [0.717, 1.165) is 12.3 Å². The number of oxime groups is 1. The fourth-order valence-corrected chi connectivity index (χ4v) is 3.88. The summed E-state index contributed by atoms with van der Waals surface area (Å²) >= 11 is 0. The van der Waals surface area contributed by atoms with Crippen LogP contribution in [0.1, 0.15) is 44.1 Å². The van der Waals surface area contributed by atoms with Gasteiger partial charge in [0.25, 0.3) is 0 Å². The van der Waals surface area contributed by atoms with E-state index in [1.165, 1.54) is 44.1 Å². The molecule has 0 spiro atoms. The molecule has 0 heterocycles. The quantitative estimate of drug-likeness (QED) is 0.465. The Balaban J connectivity index is 1.84. The van der Waals surface area contributed by atoms with Crippen molar-refractivity contribution in [2.45, 2.75) is 51.0 Å². The zero-order chi connectivity index (χ0) is 15.8. The van der Waals surface area contributed by atoms with Gasteiger partial charge in [-0.1, -0.05) is 30.3 Å². The number of rotatable bonds is 7. The van der Waals surface area contributed by atoms with Crippen LogP contribution < -0.4 is 0 Å². The summed E-state index contributed by atoms with van der Waals surface area (Å²) in [5, 5.41) is 11.7. The molecule has 1 unspecified atom stereocenters. The van der Waals surface area contributed by atoms with Gasteiger partial charge in [-0.15, -0.1) is 5.16 Å². The van der Waals surface area contributed by atoms with Gasteiger partial charge in [-0.3, -0.25) is 0 Å². The summed E-state index contributed by atoms with van der Waals surface area (Å²) < 4.78 is 0. The van der Waals surface area contributed by atoms with Gasteiger partial charge in [0.2, 0.25) is 0 Å². The van der Waals surface area contributed by atoms with E-state index in [1.54, 1.807) is 6.21 Å². The Labute approximate surface area is 135 Å². The number of hydrogen-bond acceptors (Lipinski definition) is 3. The minimum Gasteiger partial charge on any atom is -0.411 e. The van der Waals surface area contributed by atoms with Crippen LogP contribution >= 0.6 is 0 Å². The topological polar surface area (TPSA) is 35.8 Å². The maximum atomic E-state index is 8.55. The maximum absolute atomic E-state index is 8.55. The monoisotopic (exact) mass is 302 g/mol. The lowest BCUT2D eigenvalue weighted by Gasteiger charge is -2.37. The zero-order valence-corrected chi connectivity index (χ0v) is 14.0. The standard InChI is InChI=1S/C19H30N2O/c1-21(2)19(13-10-16-6-4-3-5-7-16)18-11-8-17(9-12-18)14-15-20-22/h3-7,15,17-19,22H,8-14H2,1-2H3/b20-15+. The predicted octanol–water partition coefficient (Wildman–Crippen LogP) is 4.21. The molecule has 1 aliphatic rings. The Morgan fingerprint density at radius 2 is 1.86 bits per heavy atom. The first kappa shape index (κ1) is 17.0. The molecule has 1 aromatic carbocycles. The average molecular weight is 302 g/mol. The van der Waals surface area contributed by atoms with E-state index in [0.29, 0.717) is 12.0 Å². The van der Waals surface area contributed by atoms with Crippen LogP contribution in [0, 0.1) is 11.8 Å². The largest absolute Gasteiger partial charge is 0.411 e. The normalized spacial score (nSPS) is 24.0. The molecule has 1 fully saturated rings. The number of benzene rings is 1. The lowest BCUT2D eigenvalue weighted by atomic mass is 9.76. The highest BCUT2D eigenvalue weighted by Gasteiger charge is 2.28. The lowest BCUT2D eigenvalue weighted by Crippen LogP contribution is -2.37. The molecule has 0 saturated heterocycles. The second-order valence-corrected chi connectivity index (χ2v) is 6.87. The molecule has 1 aromatic rings. The molecule has 3 nitrogen and oxygen atoms in total. The van der Waals surface area contributed by atoms with E-state index < -0.39 is 0 Å². The van der Waals surface area contributed by atoms with Crippen LogP contribution in [0.15, 0.2) is 35.5 Å². The summed E-state index contributed by atoms with van der Waals surface area (Å²) in [5.41, 5.74) is 1.45. The van der Waals surface area contributed by atoms with Gasteiger partial charge in [0.05, 0.1) is 0 Å². The van der Waals surface area contributed by atoms with Gasteiger partial charge in [0.15, 0.2) is 0 Å². The summed E-state index contributed by atoms with van der Waals surface area (Å²) in [6.07, 6.45) is 10.1. The molecular formula is C19H30N2O. The van der Waals surface area contributed by atoms with Gasteiger partial charge in [0.1, 0.15) is 0 Å². The van der Waals surface area contributed by atoms with Crippen LogP contribution in [0.2, 0.25) is 0 Å². The van der Waals surface area contributed by atoms with E-state index in [4.69, 9.17) is 5.21 Å². The highest BCUT2D eigenvalue weighted by molar-refractivity contribution is 5.56. The van der Waals surface area contributed by atoms with E-state index in [-0.39, 0.29) is 0 Å². The van der Waals surface area contributed by atoms with Crippen molar-refractivity contribution in [3.8, 4) is 0 Å². The van der Waals surface area contributed by atoms with Gasteiger partial charge in [-0.05, 0) is 76.4 Å². The molecule has 22 heavy (non-hydrogen) atoms. The van der Waals surface area contributed by atoms with E-state index in [9.17, 15) is 0 Å². The summed E-state index contributed by atoms with van der Waals surface area (Å²) in [7, 11) is 4.44. The van der Waals surface area contributed by atoms with E-state index in [1.807, 2.05) is 0 Å². The van der Waals surface area contributed by atoms with Gasteiger partial charge in [-0.25, -0.2) is 0 Å². The van der Waals surface area contributed by atoms with E-state index >= 15 is 0 Å². The van der Waals surface area contributed by atoms with Crippen LogP contribution in [-0.4, -0.2) is 36.5 Å². The molecule has 1 N–H and O–H groups in total. The minimum absolute atomic E-state index is 0.674. The Morgan fingerprint density at radius 3 is 2.45 bits per heavy atom. The van der Waals surface area contributed by atoms with Crippen molar-refractivity contribution in [2.75, 3.05) is 14.1 Å². The number of hydrogen-bond donors (Lipinski definition) is 1. The van der Waals surface area contributed by atoms with Crippen LogP contribution in [0.3, 0.4) is 0 Å². The third kappa shape index (κ3) is 5.13. The third-order valence-corrected chi connectivity index (χ3v) is 5.19. The molecule has 2 rings (SSSR count). The summed E-state index contributed by atoms with van der Waals surface area (Å²) in [6.45, 7) is 0. The Hall–Kier alpha value is -1.35. The third-order valence-electron chi connectivity index (χ3n) is 5.19. The summed E-state index contributed by atoms with van der Waals surface area (Å²) in [4.78, 5) is 2.42. The van der Waals surface area contributed by atoms with Crippen molar-refractivity contribution in [1.29, 1.82) is 0 Å². The van der Waals surface area contributed by atoms with Gasteiger partial charge >= 0.3 is 0 Å². The minimum atomic E-state index is 0.674. The number of nitrogens with zero attached hydrogens (tertiary/aromatic N) is 2. The lowest BCUT2D eigenvalue weighted by molar-refractivity contribution is 0.142. The maximum Gasteiger partial charge on any atom is 0.0438 e. The first-order chi connectivity index (χ1) is 10.7. The van der Waals surface area contributed by atoms with Gasteiger partial charge in [0, 0.05) is 12.3 Å². The van der Waals surface area contributed by atoms with Crippen molar-refractivity contribution in [3.05, 3.63) is 35.9 Å². The Bertz CT molecular complexity index is 436. The molecule has 0 radical (unpaired) electrons. The van der Waals surface area contributed by atoms with Crippen LogP contribution in [-0.2, 0) is 6.42 Å².